The molecule has 0 fully saturated rings. The predicted molar refractivity (Wildman–Crippen MR) is 115 cm³/mol. The number of nitrogens with zero attached hydrogens (tertiary/aromatic N) is 3. The molecule has 9 heteroatoms. The zero-order valence-corrected chi connectivity index (χ0v) is 17.4. The van der Waals surface area contributed by atoms with Gasteiger partial charge in [0.15, 0.2) is 0 Å². The maximum absolute atomic E-state index is 12.9. The summed E-state index contributed by atoms with van der Waals surface area (Å²) < 4.78 is 6.40. The van der Waals surface area contributed by atoms with Gasteiger partial charge in [-0.15, -0.1) is 11.3 Å². The summed E-state index contributed by atoms with van der Waals surface area (Å²) in [5.74, 6) is -0.836. The number of hydrogen-bond donors (Lipinski definition) is 1. The molecule has 4 aromatic rings. The molecule has 0 bridgehead atoms. The van der Waals surface area contributed by atoms with Crippen LogP contribution in [0.3, 0.4) is 0 Å². The topological polar surface area (TPSA) is 103 Å². The highest BCUT2D eigenvalue weighted by Crippen LogP contribution is 2.31. The number of anilines is 1. The lowest BCUT2D eigenvalue weighted by atomic mass is 10.1. The molecule has 3 heterocycles. The number of esters is 1. The molecule has 1 aromatic carbocycles. The van der Waals surface area contributed by atoms with Crippen LogP contribution in [-0.2, 0) is 16.1 Å². The van der Waals surface area contributed by atoms with Crippen LogP contribution in [0.2, 0.25) is 0 Å². The molecule has 4 rings (SSSR count). The standard InChI is InChI=1S/C21H18N4O4S/c1-11-8-12(2)23-19-16(11)17-18(30-19)20(27)25(10-22-17)9-15(26)24-14-6-4-13(5-7-14)21(28)29-3/h4-8,10H,9H2,1-3H3,(H,24,26). The minimum atomic E-state index is -0.456. The summed E-state index contributed by atoms with van der Waals surface area (Å²) in [6.45, 7) is 3.69. The van der Waals surface area contributed by atoms with E-state index in [0.717, 1.165) is 21.5 Å². The number of rotatable bonds is 4. The molecule has 0 atom stereocenters. The number of methoxy groups -OCH3 is 1. The van der Waals surface area contributed by atoms with Gasteiger partial charge in [-0.05, 0) is 49.7 Å². The fraction of sp³-hybridized carbons (Fsp3) is 0.190. The Morgan fingerprint density at radius 1 is 1.20 bits per heavy atom. The maximum Gasteiger partial charge on any atom is 0.337 e. The Morgan fingerprint density at radius 3 is 2.63 bits per heavy atom. The molecule has 0 saturated carbocycles. The highest BCUT2D eigenvalue weighted by atomic mass is 32.1. The lowest BCUT2D eigenvalue weighted by molar-refractivity contribution is -0.116. The average Bonchev–Trinajstić information content (AvgIpc) is 3.09. The van der Waals surface area contributed by atoms with Crippen molar-refractivity contribution < 1.29 is 14.3 Å². The average molecular weight is 422 g/mol. The molecule has 0 saturated heterocycles. The third-order valence-corrected chi connectivity index (χ3v) is 5.71. The van der Waals surface area contributed by atoms with Gasteiger partial charge in [0.25, 0.3) is 5.56 Å². The van der Waals surface area contributed by atoms with Crippen molar-refractivity contribution in [1.29, 1.82) is 0 Å². The summed E-state index contributed by atoms with van der Waals surface area (Å²) in [5, 5.41) is 3.58. The Balaban J connectivity index is 1.59. The van der Waals surface area contributed by atoms with Gasteiger partial charge < -0.3 is 10.1 Å². The lowest BCUT2D eigenvalue weighted by Crippen LogP contribution is -2.27. The number of pyridine rings is 1. The number of carbonyl (C=O) groups excluding carboxylic acids is 2. The van der Waals surface area contributed by atoms with Crippen molar-refractivity contribution in [1.82, 2.24) is 14.5 Å². The Morgan fingerprint density at radius 2 is 1.93 bits per heavy atom. The predicted octanol–water partition coefficient (Wildman–Crippen LogP) is 3.05. The molecule has 0 unspecified atom stereocenters. The van der Waals surface area contributed by atoms with E-state index in [9.17, 15) is 14.4 Å². The molecule has 0 radical (unpaired) electrons. The van der Waals surface area contributed by atoms with Crippen LogP contribution < -0.4 is 10.9 Å². The van der Waals surface area contributed by atoms with E-state index in [2.05, 4.69) is 20.0 Å². The van der Waals surface area contributed by atoms with Crippen LogP contribution >= 0.6 is 11.3 Å². The minimum Gasteiger partial charge on any atom is -0.465 e. The van der Waals surface area contributed by atoms with Gasteiger partial charge in [-0.1, -0.05) is 0 Å². The third kappa shape index (κ3) is 3.55. The van der Waals surface area contributed by atoms with Crippen molar-refractivity contribution in [2.45, 2.75) is 20.4 Å². The van der Waals surface area contributed by atoms with E-state index < -0.39 is 5.97 Å². The van der Waals surface area contributed by atoms with Crippen LogP contribution in [0.25, 0.3) is 20.4 Å². The number of amides is 1. The monoisotopic (exact) mass is 422 g/mol. The Bertz CT molecular complexity index is 1360. The van der Waals surface area contributed by atoms with Crippen LogP contribution in [0.5, 0.6) is 0 Å². The minimum absolute atomic E-state index is 0.180. The van der Waals surface area contributed by atoms with E-state index in [1.807, 2.05) is 19.9 Å². The molecule has 30 heavy (non-hydrogen) atoms. The van der Waals surface area contributed by atoms with E-state index >= 15 is 0 Å². The van der Waals surface area contributed by atoms with Crippen molar-refractivity contribution in [3.05, 3.63) is 63.8 Å². The molecule has 152 valence electrons. The zero-order chi connectivity index (χ0) is 21.4. The molecule has 0 aliphatic rings. The third-order valence-electron chi connectivity index (χ3n) is 4.65. The van der Waals surface area contributed by atoms with Gasteiger partial charge in [0.05, 0.1) is 24.5 Å². The summed E-state index contributed by atoms with van der Waals surface area (Å²) in [5.41, 5.74) is 3.11. The van der Waals surface area contributed by atoms with Gasteiger partial charge >= 0.3 is 5.97 Å². The Hall–Kier alpha value is -3.59. The van der Waals surface area contributed by atoms with E-state index in [4.69, 9.17) is 0 Å². The van der Waals surface area contributed by atoms with Crippen LogP contribution in [0.1, 0.15) is 21.6 Å². The zero-order valence-electron chi connectivity index (χ0n) is 16.6. The fourth-order valence-electron chi connectivity index (χ4n) is 3.28. The van der Waals surface area contributed by atoms with Crippen molar-refractivity contribution in [2.75, 3.05) is 12.4 Å². The molecule has 1 amide bonds. The number of fused-ring (bicyclic) bond motifs is 3. The van der Waals surface area contributed by atoms with Gasteiger partial charge in [0.2, 0.25) is 5.91 Å². The van der Waals surface area contributed by atoms with E-state index in [1.165, 1.54) is 29.3 Å². The van der Waals surface area contributed by atoms with Crippen LogP contribution in [-0.4, -0.2) is 33.5 Å². The van der Waals surface area contributed by atoms with Crippen LogP contribution in [0.4, 0.5) is 5.69 Å². The van der Waals surface area contributed by atoms with Crippen molar-refractivity contribution >= 4 is 49.3 Å². The second-order valence-electron chi connectivity index (χ2n) is 6.84. The number of nitrogens with one attached hydrogen (secondary N) is 1. The van der Waals surface area contributed by atoms with Gasteiger partial charge in [0.1, 0.15) is 16.1 Å². The van der Waals surface area contributed by atoms with Crippen LogP contribution in [0, 0.1) is 13.8 Å². The quantitative estimate of drug-likeness (QED) is 0.507. The first kappa shape index (κ1) is 19.7. The first-order valence-corrected chi connectivity index (χ1v) is 9.93. The number of benzene rings is 1. The van der Waals surface area contributed by atoms with Crippen molar-refractivity contribution in [2.24, 2.45) is 0 Å². The summed E-state index contributed by atoms with van der Waals surface area (Å²) in [7, 11) is 1.30. The van der Waals surface area contributed by atoms with Gasteiger partial charge in [-0.3, -0.25) is 14.2 Å². The molecule has 1 N–H and O–H groups in total. The summed E-state index contributed by atoms with van der Waals surface area (Å²) in [6.07, 6.45) is 1.38. The normalized spacial score (nSPS) is 11.0. The highest BCUT2D eigenvalue weighted by Gasteiger charge is 2.16. The largest absolute Gasteiger partial charge is 0.465 e. The summed E-state index contributed by atoms with van der Waals surface area (Å²) >= 11 is 1.29. The lowest BCUT2D eigenvalue weighted by Gasteiger charge is -2.08. The molecule has 0 spiro atoms. The highest BCUT2D eigenvalue weighted by molar-refractivity contribution is 7.25. The number of hydrogen-bond acceptors (Lipinski definition) is 7. The first-order valence-electron chi connectivity index (χ1n) is 9.11. The molecule has 3 aromatic heterocycles. The molecule has 0 aliphatic carbocycles. The summed E-state index contributed by atoms with van der Waals surface area (Å²) in [6, 6.07) is 8.25. The van der Waals surface area contributed by atoms with E-state index in [-0.39, 0.29) is 18.0 Å². The number of ether oxygens (including phenoxy) is 1. The number of thiophene rings is 1. The SMILES string of the molecule is COC(=O)c1ccc(NC(=O)Cn2cnc3c(sc4nc(C)cc(C)c43)c2=O)cc1. The van der Waals surface area contributed by atoms with Crippen LogP contribution in [0.15, 0.2) is 41.5 Å². The van der Waals surface area contributed by atoms with Gasteiger partial charge in [-0.25, -0.2) is 14.8 Å². The number of aromatic nitrogens is 3. The molecule has 0 aliphatic heterocycles. The van der Waals surface area contributed by atoms with Crippen molar-refractivity contribution in [3.63, 3.8) is 0 Å². The van der Waals surface area contributed by atoms with Gasteiger partial charge in [0, 0.05) is 16.8 Å². The first-order chi connectivity index (χ1) is 14.4. The Labute approximate surface area is 175 Å². The van der Waals surface area contributed by atoms with E-state index in [1.54, 1.807) is 24.3 Å². The summed E-state index contributed by atoms with van der Waals surface area (Å²) in [4.78, 5) is 46.5. The van der Waals surface area contributed by atoms with E-state index in [0.29, 0.717) is 21.5 Å². The molecule has 8 nitrogen and oxygen atoms in total. The van der Waals surface area contributed by atoms with Gasteiger partial charge in [-0.2, -0.15) is 0 Å². The second-order valence-corrected chi connectivity index (χ2v) is 7.83. The maximum atomic E-state index is 12.9. The molecular weight excluding hydrogens is 404 g/mol. The second kappa shape index (κ2) is 7.68. The number of carbonyl (C=O) groups is 2. The fourth-order valence-corrected chi connectivity index (χ4v) is 4.48. The molecular formula is C21H18N4O4S. The Kier molecular flexibility index (Phi) is 5.04. The van der Waals surface area contributed by atoms with Crippen molar-refractivity contribution in [3.8, 4) is 0 Å². The smallest absolute Gasteiger partial charge is 0.337 e. The number of aryl methyl sites for hydroxylation is 2.